The maximum atomic E-state index is 12.9. The first-order valence-electron chi connectivity index (χ1n) is 9.64. The number of fused-ring (bicyclic) bond motifs is 1. The molecule has 2 aromatic carbocycles. The van der Waals surface area contributed by atoms with Crippen LogP contribution in [-0.2, 0) is 21.2 Å². The molecule has 0 bridgehead atoms. The van der Waals surface area contributed by atoms with Crippen LogP contribution in [0.1, 0.15) is 27.0 Å². The van der Waals surface area contributed by atoms with Gasteiger partial charge in [-0.05, 0) is 48.7 Å². The van der Waals surface area contributed by atoms with Gasteiger partial charge in [0, 0.05) is 43.2 Å². The van der Waals surface area contributed by atoms with Crippen LogP contribution in [0.2, 0.25) is 0 Å². The monoisotopic (exact) mass is 443 g/mol. The number of aromatic nitrogens is 1. The van der Waals surface area contributed by atoms with Crippen molar-refractivity contribution in [3.8, 4) is 0 Å². The summed E-state index contributed by atoms with van der Waals surface area (Å²) in [5, 5.41) is 13.1. The van der Waals surface area contributed by atoms with E-state index in [9.17, 15) is 23.1 Å². The number of sulfonamides is 1. The highest BCUT2D eigenvalue weighted by Crippen LogP contribution is 2.24. The first kappa shape index (κ1) is 22.5. The number of rotatable bonds is 7. The lowest BCUT2D eigenvalue weighted by molar-refractivity contribution is -0.139. The quantitative estimate of drug-likeness (QED) is 0.518. The van der Waals surface area contributed by atoms with Crippen molar-refractivity contribution >= 4 is 32.8 Å². The van der Waals surface area contributed by atoms with Crippen molar-refractivity contribution in [2.24, 2.45) is 0 Å². The van der Waals surface area contributed by atoms with Crippen LogP contribution in [-0.4, -0.2) is 54.8 Å². The van der Waals surface area contributed by atoms with Crippen LogP contribution in [0.25, 0.3) is 10.9 Å². The summed E-state index contributed by atoms with van der Waals surface area (Å²) in [4.78, 5) is 27.8. The summed E-state index contributed by atoms with van der Waals surface area (Å²) in [6.45, 7) is 3.38. The lowest BCUT2D eigenvalue weighted by Gasteiger charge is -2.18. The van der Waals surface area contributed by atoms with Gasteiger partial charge in [0.25, 0.3) is 5.91 Å². The van der Waals surface area contributed by atoms with Crippen LogP contribution in [0.3, 0.4) is 0 Å². The minimum Gasteiger partial charge on any atom is -0.480 e. The standard InChI is InChI=1S/C22H25N3O5S/c1-13-9-15(11-20(14(13)2)31(29,30)25(3)4)21(26)24-19(22(27)28)10-16-12-23-18-8-6-5-7-17(16)18/h5-9,11-12,19,23H,10H2,1-4H3,(H,24,26)(H,27,28)/t19-/m0/s1. The average molecular weight is 444 g/mol. The third-order valence-corrected chi connectivity index (χ3v) is 7.28. The molecule has 31 heavy (non-hydrogen) atoms. The maximum absolute atomic E-state index is 12.9. The predicted molar refractivity (Wildman–Crippen MR) is 118 cm³/mol. The number of aliphatic carboxylic acids is 1. The zero-order valence-electron chi connectivity index (χ0n) is 17.8. The van der Waals surface area contributed by atoms with E-state index in [1.807, 2.05) is 24.3 Å². The fraction of sp³-hybridized carbons (Fsp3) is 0.273. The van der Waals surface area contributed by atoms with E-state index in [2.05, 4.69) is 10.3 Å². The fourth-order valence-corrected chi connectivity index (χ4v) is 4.60. The second kappa shape index (κ2) is 8.52. The molecule has 0 fully saturated rings. The van der Waals surface area contributed by atoms with Gasteiger partial charge in [0.2, 0.25) is 10.0 Å². The van der Waals surface area contributed by atoms with Crippen molar-refractivity contribution in [3.63, 3.8) is 0 Å². The molecule has 1 amide bonds. The number of H-pyrrole nitrogens is 1. The molecule has 0 unspecified atom stereocenters. The van der Waals surface area contributed by atoms with Crippen molar-refractivity contribution in [1.82, 2.24) is 14.6 Å². The summed E-state index contributed by atoms with van der Waals surface area (Å²) >= 11 is 0. The molecule has 0 aliphatic heterocycles. The molecule has 0 saturated carbocycles. The predicted octanol–water partition coefficient (Wildman–Crippen LogP) is 2.46. The van der Waals surface area contributed by atoms with E-state index >= 15 is 0 Å². The zero-order valence-corrected chi connectivity index (χ0v) is 18.6. The molecule has 0 spiro atoms. The SMILES string of the molecule is Cc1cc(C(=O)N[C@@H](Cc2c[nH]c3ccccc23)C(=O)O)cc(S(=O)(=O)N(C)C)c1C. The Morgan fingerprint density at radius 1 is 1.16 bits per heavy atom. The number of carbonyl (C=O) groups excluding carboxylic acids is 1. The molecule has 8 nitrogen and oxygen atoms in total. The Kier molecular flexibility index (Phi) is 6.19. The van der Waals surface area contributed by atoms with Crippen molar-refractivity contribution in [1.29, 1.82) is 0 Å². The van der Waals surface area contributed by atoms with Crippen LogP contribution < -0.4 is 5.32 Å². The van der Waals surface area contributed by atoms with Crippen LogP contribution >= 0.6 is 0 Å². The average Bonchev–Trinajstić information content (AvgIpc) is 3.11. The van der Waals surface area contributed by atoms with E-state index in [4.69, 9.17) is 0 Å². The first-order chi connectivity index (χ1) is 14.5. The van der Waals surface area contributed by atoms with Crippen LogP contribution in [0, 0.1) is 13.8 Å². The van der Waals surface area contributed by atoms with E-state index < -0.39 is 27.9 Å². The molecule has 0 saturated heterocycles. The molecular weight excluding hydrogens is 418 g/mol. The number of nitrogens with one attached hydrogen (secondary N) is 2. The summed E-state index contributed by atoms with van der Waals surface area (Å²) in [6.07, 6.45) is 1.81. The topological polar surface area (TPSA) is 120 Å². The third-order valence-electron chi connectivity index (χ3n) is 5.34. The van der Waals surface area contributed by atoms with Crippen molar-refractivity contribution in [2.75, 3.05) is 14.1 Å². The Morgan fingerprint density at radius 3 is 2.48 bits per heavy atom. The van der Waals surface area contributed by atoms with E-state index in [1.165, 1.54) is 20.2 Å². The number of aromatic amines is 1. The number of carboxylic acid groups (broad SMARTS) is 1. The Bertz CT molecular complexity index is 1260. The van der Waals surface area contributed by atoms with Crippen molar-refractivity contribution in [2.45, 2.75) is 31.2 Å². The Hall–Kier alpha value is -3.17. The lowest BCUT2D eigenvalue weighted by Crippen LogP contribution is -2.42. The van der Waals surface area contributed by atoms with Gasteiger partial charge in [-0.2, -0.15) is 0 Å². The number of aryl methyl sites for hydroxylation is 1. The first-order valence-corrected chi connectivity index (χ1v) is 11.1. The van der Waals surface area contributed by atoms with Gasteiger partial charge in [0.1, 0.15) is 6.04 Å². The third kappa shape index (κ3) is 4.47. The molecule has 1 atom stereocenters. The van der Waals surface area contributed by atoms with Gasteiger partial charge >= 0.3 is 5.97 Å². The van der Waals surface area contributed by atoms with E-state index in [1.54, 1.807) is 26.1 Å². The molecule has 3 N–H and O–H groups in total. The fourth-order valence-electron chi connectivity index (χ4n) is 3.38. The minimum absolute atomic E-state index is 0.0196. The highest BCUT2D eigenvalue weighted by molar-refractivity contribution is 7.89. The molecule has 9 heteroatoms. The molecule has 3 aromatic rings. The van der Waals surface area contributed by atoms with Crippen LogP contribution in [0.4, 0.5) is 0 Å². The largest absolute Gasteiger partial charge is 0.480 e. The Labute approximate surface area is 180 Å². The zero-order chi connectivity index (χ0) is 22.9. The summed E-state index contributed by atoms with van der Waals surface area (Å²) < 4.78 is 26.4. The highest BCUT2D eigenvalue weighted by Gasteiger charge is 2.26. The summed E-state index contributed by atoms with van der Waals surface area (Å²) in [7, 11) is -0.933. The number of para-hydroxylation sites is 1. The van der Waals surface area contributed by atoms with Gasteiger partial charge in [-0.3, -0.25) is 4.79 Å². The van der Waals surface area contributed by atoms with Gasteiger partial charge in [-0.15, -0.1) is 0 Å². The second-order valence-corrected chi connectivity index (χ2v) is 9.75. The molecule has 1 heterocycles. The minimum atomic E-state index is -3.76. The molecule has 1 aromatic heterocycles. The smallest absolute Gasteiger partial charge is 0.326 e. The molecular formula is C22H25N3O5S. The second-order valence-electron chi connectivity index (χ2n) is 7.63. The van der Waals surface area contributed by atoms with E-state index in [0.29, 0.717) is 11.1 Å². The summed E-state index contributed by atoms with van der Waals surface area (Å²) in [5.74, 6) is -1.82. The Balaban J connectivity index is 1.91. The maximum Gasteiger partial charge on any atom is 0.326 e. The van der Waals surface area contributed by atoms with Crippen LogP contribution in [0.5, 0.6) is 0 Å². The number of hydrogen-bond acceptors (Lipinski definition) is 4. The van der Waals surface area contributed by atoms with Crippen molar-refractivity contribution < 1.29 is 23.1 Å². The number of amides is 1. The number of carboxylic acids is 1. The molecule has 0 aliphatic rings. The normalized spacial score (nSPS) is 12.8. The number of carbonyl (C=O) groups is 2. The summed E-state index contributed by atoms with van der Waals surface area (Å²) in [6, 6.07) is 9.16. The van der Waals surface area contributed by atoms with Gasteiger partial charge in [-0.25, -0.2) is 17.5 Å². The summed E-state index contributed by atoms with van der Waals surface area (Å²) in [5.41, 5.74) is 2.89. The van der Waals surface area contributed by atoms with Gasteiger partial charge in [0.05, 0.1) is 4.90 Å². The Morgan fingerprint density at radius 2 is 1.84 bits per heavy atom. The number of nitrogens with zero attached hydrogens (tertiary/aromatic N) is 1. The van der Waals surface area contributed by atoms with Crippen LogP contribution in [0.15, 0.2) is 47.5 Å². The van der Waals surface area contributed by atoms with E-state index in [0.717, 1.165) is 20.8 Å². The number of benzene rings is 2. The van der Waals surface area contributed by atoms with Gasteiger partial charge in [0.15, 0.2) is 0 Å². The van der Waals surface area contributed by atoms with Gasteiger partial charge < -0.3 is 15.4 Å². The van der Waals surface area contributed by atoms with E-state index in [-0.39, 0.29) is 16.9 Å². The lowest BCUT2D eigenvalue weighted by atomic mass is 10.0. The molecule has 0 aliphatic carbocycles. The highest BCUT2D eigenvalue weighted by atomic mass is 32.2. The molecule has 164 valence electrons. The molecule has 3 rings (SSSR count). The number of hydrogen-bond donors (Lipinski definition) is 3. The van der Waals surface area contributed by atoms with Crippen molar-refractivity contribution in [3.05, 3.63) is 64.8 Å². The molecule has 0 radical (unpaired) electrons. The van der Waals surface area contributed by atoms with Gasteiger partial charge in [-0.1, -0.05) is 18.2 Å².